The number of hydrogen-bond acceptors (Lipinski definition) is 3. The van der Waals surface area contributed by atoms with Crippen LogP contribution in [0.15, 0.2) is 33.6 Å². The second kappa shape index (κ2) is 5.77. The van der Waals surface area contributed by atoms with E-state index in [2.05, 4.69) is 20.7 Å². The van der Waals surface area contributed by atoms with Crippen LogP contribution in [0.1, 0.15) is 13.3 Å². The van der Waals surface area contributed by atoms with Crippen LogP contribution in [0.3, 0.4) is 0 Å². The number of hydrogen-bond donors (Lipinski definition) is 2. The van der Waals surface area contributed by atoms with Crippen LogP contribution >= 0.6 is 15.9 Å². The number of benzene rings is 1. The van der Waals surface area contributed by atoms with Gasteiger partial charge in [0.1, 0.15) is 0 Å². The van der Waals surface area contributed by atoms with E-state index in [0.717, 1.165) is 4.47 Å². The lowest BCUT2D eigenvalue weighted by Crippen LogP contribution is -2.36. The lowest BCUT2D eigenvalue weighted by atomic mass is 10.3. The van der Waals surface area contributed by atoms with Gasteiger partial charge in [-0.3, -0.25) is 0 Å². The summed E-state index contributed by atoms with van der Waals surface area (Å²) in [6.45, 7) is 1.61. The Balaban J connectivity index is 2.89. The van der Waals surface area contributed by atoms with Crippen LogP contribution in [0.4, 0.5) is 0 Å². The van der Waals surface area contributed by atoms with Gasteiger partial charge in [0.25, 0.3) is 0 Å². The molecule has 6 heteroatoms. The van der Waals surface area contributed by atoms with Crippen molar-refractivity contribution >= 4 is 26.0 Å². The van der Waals surface area contributed by atoms with Crippen molar-refractivity contribution < 1.29 is 13.5 Å². The zero-order chi connectivity index (χ0) is 12.2. The molecule has 0 saturated heterocycles. The summed E-state index contributed by atoms with van der Waals surface area (Å²) >= 11 is 3.24. The summed E-state index contributed by atoms with van der Waals surface area (Å²) in [4.78, 5) is 0.197. The monoisotopic (exact) mass is 307 g/mol. The number of aliphatic hydroxyl groups excluding tert-OH is 1. The van der Waals surface area contributed by atoms with Crippen molar-refractivity contribution in [3.8, 4) is 0 Å². The molecule has 1 aromatic rings. The van der Waals surface area contributed by atoms with Crippen molar-refractivity contribution in [1.82, 2.24) is 4.72 Å². The van der Waals surface area contributed by atoms with Crippen LogP contribution in [-0.2, 0) is 10.0 Å². The highest BCUT2D eigenvalue weighted by molar-refractivity contribution is 9.10. The molecule has 1 atom stereocenters. The molecule has 0 bridgehead atoms. The number of sulfonamides is 1. The molecule has 0 amide bonds. The summed E-state index contributed by atoms with van der Waals surface area (Å²) in [6, 6.07) is 5.91. The van der Waals surface area contributed by atoms with Gasteiger partial charge in [-0.2, -0.15) is 0 Å². The van der Waals surface area contributed by atoms with Crippen LogP contribution in [0.2, 0.25) is 0 Å². The molecular weight excluding hydrogens is 294 g/mol. The molecule has 0 aliphatic carbocycles. The highest BCUT2D eigenvalue weighted by Crippen LogP contribution is 2.15. The molecule has 90 valence electrons. The fraction of sp³-hybridized carbons (Fsp3) is 0.400. The Morgan fingerprint density at radius 3 is 2.38 bits per heavy atom. The molecule has 0 fully saturated rings. The number of aliphatic hydroxyl groups is 1. The third kappa shape index (κ3) is 3.55. The fourth-order valence-corrected chi connectivity index (χ4v) is 2.73. The van der Waals surface area contributed by atoms with E-state index < -0.39 is 16.1 Å². The summed E-state index contributed by atoms with van der Waals surface area (Å²) in [5, 5.41) is 8.95. The smallest absolute Gasteiger partial charge is 0.240 e. The molecule has 0 heterocycles. The van der Waals surface area contributed by atoms with E-state index in [1.807, 2.05) is 6.92 Å². The van der Waals surface area contributed by atoms with E-state index in [-0.39, 0.29) is 11.5 Å². The normalized spacial score (nSPS) is 13.7. The van der Waals surface area contributed by atoms with Crippen molar-refractivity contribution in [2.24, 2.45) is 0 Å². The Hall–Kier alpha value is -0.430. The topological polar surface area (TPSA) is 66.4 Å². The van der Waals surface area contributed by atoms with Gasteiger partial charge in [0.15, 0.2) is 0 Å². The van der Waals surface area contributed by atoms with Gasteiger partial charge in [-0.1, -0.05) is 22.9 Å². The molecule has 1 rings (SSSR count). The Morgan fingerprint density at radius 1 is 1.38 bits per heavy atom. The Bertz CT molecular complexity index is 426. The van der Waals surface area contributed by atoms with Crippen molar-refractivity contribution in [2.75, 3.05) is 6.61 Å². The second-order valence-electron chi connectivity index (χ2n) is 3.36. The number of halogens is 1. The zero-order valence-electron chi connectivity index (χ0n) is 8.85. The molecule has 0 spiro atoms. The van der Waals surface area contributed by atoms with E-state index in [1.54, 1.807) is 12.1 Å². The minimum Gasteiger partial charge on any atom is -0.395 e. The van der Waals surface area contributed by atoms with E-state index in [9.17, 15) is 8.42 Å². The predicted octanol–water partition coefficient (Wildman–Crippen LogP) is 1.50. The first-order valence-corrected chi connectivity index (χ1v) is 7.16. The maximum absolute atomic E-state index is 11.8. The van der Waals surface area contributed by atoms with Gasteiger partial charge in [-0.25, -0.2) is 13.1 Å². The van der Waals surface area contributed by atoms with Gasteiger partial charge >= 0.3 is 0 Å². The SMILES string of the molecule is CCC(CO)NS(=O)(=O)c1ccc(Br)cc1. The quantitative estimate of drug-likeness (QED) is 0.866. The van der Waals surface area contributed by atoms with Crippen molar-refractivity contribution in [2.45, 2.75) is 24.3 Å². The minimum absolute atomic E-state index is 0.197. The summed E-state index contributed by atoms with van der Waals surface area (Å²) in [5.41, 5.74) is 0. The lowest BCUT2D eigenvalue weighted by molar-refractivity contribution is 0.254. The summed E-state index contributed by atoms with van der Waals surface area (Å²) < 4.78 is 26.9. The first-order valence-electron chi connectivity index (χ1n) is 4.88. The Kier molecular flexibility index (Phi) is 4.91. The number of nitrogens with one attached hydrogen (secondary N) is 1. The van der Waals surface area contributed by atoms with Crippen LogP contribution in [0.5, 0.6) is 0 Å². The van der Waals surface area contributed by atoms with Crippen LogP contribution < -0.4 is 4.72 Å². The van der Waals surface area contributed by atoms with E-state index >= 15 is 0 Å². The van der Waals surface area contributed by atoms with Crippen LogP contribution in [0.25, 0.3) is 0 Å². The molecule has 4 nitrogen and oxygen atoms in total. The molecular formula is C10H14BrNO3S. The van der Waals surface area contributed by atoms with Crippen molar-refractivity contribution in [1.29, 1.82) is 0 Å². The van der Waals surface area contributed by atoms with Crippen LogP contribution in [0, 0.1) is 0 Å². The molecule has 1 unspecified atom stereocenters. The van der Waals surface area contributed by atoms with Crippen molar-refractivity contribution in [3.63, 3.8) is 0 Å². The molecule has 0 aliphatic rings. The minimum atomic E-state index is -3.53. The largest absolute Gasteiger partial charge is 0.395 e. The fourth-order valence-electron chi connectivity index (χ4n) is 1.15. The molecule has 0 aromatic heterocycles. The molecule has 0 saturated carbocycles. The average Bonchev–Trinajstić information content (AvgIpc) is 2.26. The van der Waals surface area contributed by atoms with Gasteiger partial charge in [0.05, 0.1) is 11.5 Å². The summed E-state index contributed by atoms with van der Waals surface area (Å²) in [7, 11) is -3.53. The maximum Gasteiger partial charge on any atom is 0.240 e. The summed E-state index contributed by atoms with van der Waals surface area (Å²) in [6.07, 6.45) is 0.548. The summed E-state index contributed by atoms with van der Waals surface area (Å²) in [5.74, 6) is 0. The highest BCUT2D eigenvalue weighted by atomic mass is 79.9. The van der Waals surface area contributed by atoms with Gasteiger partial charge < -0.3 is 5.11 Å². The molecule has 0 radical (unpaired) electrons. The van der Waals surface area contributed by atoms with Gasteiger partial charge in [0, 0.05) is 10.5 Å². The average molecular weight is 308 g/mol. The second-order valence-corrected chi connectivity index (χ2v) is 5.99. The standard InChI is InChI=1S/C10H14BrNO3S/c1-2-9(7-13)12-16(14,15)10-5-3-8(11)4-6-10/h3-6,9,12-13H,2,7H2,1H3. The Morgan fingerprint density at radius 2 is 1.94 bits per heavy atom. The molecule has 1 aromatic carbocycles. The number of rotatable bonds is 5. The van der Waals surface area contributed by atoms with Crippen LogP contribution in [-0.4, -0.2) is 26.2 Å². The first kappa shape index (κ1) is 13.6. The third-order valence-corrected chi connectivity index (χ3v) is 4.22. The van der Waals surface area contributed by atoms with Gasteiger partial charge in [-0.05, 0) is 30.7 Å². The third-order valence-electron chi connectivity index (χ3n) is 2.16. The van der Waals surface area contributed by atoms with E-state index in [4.69, 9.17) is 5.11 Å². The highest BCUT2D eigenvalue weighted by Gasteiger charge is 2.17. The van der Waals surface area contributed by atoms with Gasteiger partial charge in [0.2, 0.25) is 10.0 Å². The van der Waals surface area contributed by atoms with Gasteiger partial charge in [-0.15, -0.1) is 0 Å². The van der Waals surface area contributed by atoms with Crippen molar-refractivity contribution in [3.05, 3.63) is 28.7 Å². The lowest BCUT2D eigenvalue weighted by Gasteiger charge is -2.14. The molecule has 2 N–H and O–H groups in total. The van der Waals surface area contributed by atoms with E-state index in [1.165, 1.54) is 12.1 Å². The zero-order valence-corrected chi connectivity index (χ0v) is 11.3. The maximum atomic E-state index is 11.8. The Labute approximate surface area is 104 Å². The molecule has 0 aliphatic heterocycles. The predicted molar refractivity (Wildman–Crippen MR) is 65.6 cm³/mol. The van der Waals surface area contributed by atoms with E-state index in [0.29, 0.717) is 6.42 Å². The molecule has 16 heavy (non-hydrogen) atoms. The first-order chi connectivity index (χ1) is 7.49.